The molecule has 6 heteroatoms. The number of carbonyl (C=O) groups is 1. The van der Waals surface area contributed by atoms with E-state index in [9.17, 15) is 4.79 Å². The SMILES string of the molecule is Cc1nn(C)c(CC(=O)C2(C)COCC2N)c1Br. The van der Waals surface area contributed by atoms with Crippen LogP contribution in [-0.2, 0) is 23.0 Å². The number of halogens is 1. The van der Waals surface area contributed by atoms with Gasteiger partial charge < -0.3 is 10.5 Å². The summed E-state index contributed by atoms with van der Waals surface area (Å²) in [6.45, 7) is 4.64. The van der Waals surface area contributed by atoms with Crippen LogP contribution in [0.5, 0.6) is 0 Å². The molecule has 1 saturated heterocycles. The summed E-state index contributed by atoms with van der Waals surface area (Å²) in [4.78, 5) is 12.4. The van der Waals surface area contributed by atoms with E-state index in [2.05, 4.69) is 21.0 Å². The molecule has 0 aromatic carbocycles. The van der Waals surface area contributed by atoms with Gasteiger partial charge in [0.2, 0.25) is 0 Å². The highest BCUT2D eigenvalue weighted by molar-refractivity contribution is 9.10. The number of aryl methyl sites for hydroxylation is 2. The maximum Gasteiger partial charge on any atom is 0.148 e. The third-order valence-corrected chi connectivity index (χ3v) is 4.78. The van der Waals surface area contributed by atoms with Crippen molar-refractivity contribution >= 4 is 21.7 Å². The van der Waals surface area contributed by atoms with Crippen LogP contribution in [0, 0.1) is 12.3 Å². The molecule has 5 nitrogen and oxygen atoms in total. The van der Waals surface area contributed by atoms with Crippen molar-refractivity contribution in [2.75, 3.05) is 13.2 Å². The van der Waals surface area contributed by atoms with E-state index in [1.165, 1.54) is 0 Å². The molecule has 0 saturated carbocycles. The molecule has 1 aromatic rings. The van der Waals surface area contributed by atoms with Crippen LogP contribution in [0.2, 0.25) is 0 Å². The number of aromatic nitrogens is 2. The Hall–Kier alpha value is -0.720. The number of nitrogens with two attached hydrogens (primary N) is 1. The topological polar surface area (TPSA) is 70.1 Å². The minimum Gasteiger partial charge on any atom is -0.379 e. The Morgan fingerprint density at radius 2 is 2.39 bits per heavy atom. The van der Waals surface area contributed by atoms with Gasteiger partial charge in [-0.1, -0.05) is 0 Å². The van der Waals surface area contributed by atoms with E-state index < -0.39 is 5.41 Å². The summed E-state index contributed by atoms with van der Waals surface area (Å²) in [5.74, 6) is 0.108. The van der Waals surface area contributed by atoms with E-state index in [-0.39, 0.29) is 11.8 Å². The van der Waals surface area contributed by atoms with Crippen molar-refractivity contribution in [2.45, 2.75) is 26.3 Å². The molecule has 2 unspecified atom stereocenters. The Morgan fingerprint density at radius 3 is 2.83 bits per heavy atom. The Morgan fingerprint density at radius 1 is 1.72 bits per heavy atom. The molecule has 0 amide bonds. The van der Waals surface area contributed by atoms with Crippen molar-refractivity contribution in [3.63, 3.8) is 0 Å². The summed E-state index contributed by atoms with van der Waals surface area (Å²) in [5.41, 5.74) is 7.16. The van der Waals surface area contributed by atoms with Gasteiger partial charge in [0.25, 0.3) is 0 Å². The van der Waals surface area contributed by atoms with Gasteiger partial charge in [-0.15, -0.1) is 0 Å². The average molecular weight is 316 g/mol. The third kappa shape index (κ3) is 2.13. The number of Topliss-reactive ketones (excluding diaryl/α,β-unsaturated/α-hetero) is 1. The molecular weight excluding hydrogens is 298 g/mol. The monoisotopic (exact) mass is 315 g/mol. The van der Waals surface area contributed by atoms with Crippen LogP contribution in [-0.4, -0.2) is 34.8 Å². The zero-order valence-corrected chi connectivity index (χ0v) is 12.5. The number of ketones is 1. The van der Waals surface area contributed by atoms with Crippen molar-refractivity contribution in [1.82, 2.24) is 9.78 Å². The number of nitrogens with zero attached hydrogens (tertiary/aromatic N) is 2. The van der Waals surface area contributed by atoms with E-state index in [0.29, 0.717) is 19.6 Å². The number of carbonyl (C=O) groups excluding carboxylic acids is 1. The van der Waals surface area contributed by atoms with Gasteiger partial charge in [-0.05, 0) is 29.8 Å². The van der Waals surface area contributed by atoms with E-state index in [1.807, 2.05) is 20.9 Å². The highest BCUT2D eigenvalue weighted by atomic mass is 79.9. The molecule has 2 N–H and O–H groups in total. The minimum absolute atomic E-state index is 0.108. The maximum atomic E-state index is 12.4. The molecule has 100 valence electrons. The second kappa shape index (κ2) is 4.75. The summed E-state index contributed by atoms with van der Waals surface area (Å²) >= 11 is 3.47. The fourth-order valence-electron chi connectivity index (χ4n) is 2.20. The highest BCUT2D eigenvalue weighted by Gasteiger charge is 2.44. The molecule has 1 fully saturated rings. The first kappa shape index (κ1) is 13.7. The van der Waals surface area contributed by atoms with Crippen LogP contribution in [0.3, 0.4) is 0 Å². The largest absolute Gasteiger partial charge is 0.379 e. The standard InChI is InChI=1S/C12H18BrN3O2/c1-7-11(13)8(16(3)15-7)4-10(17)12(2)6-18-5-9(12)14/h9H,4-6,14H2,1-3H3. The highest BCUT2D eigenvalue weighted by Crippen LogP contribution is 2.31. The minimum atomic E-state index is -0.586. The van der Waals surface area contributed by atoms with Gasteiger partial charge >= 0.3 is 0 Å². The molecule has 2 rings (SSSR count). The van der Waals surface area contributed by atoms with Crippen LogP contribution >= 0.6 is 15.9 Å². The lowest BCUT2D eigenvalue weighted by atomic mass is 9.79. The first-order chi connectivity index (χ1) is 8.36. The van der Waals surface area contributed by atoms with Gasteiger partial charge in [-0.3, -0.25) is 9.48 Å². The van der Waals surface area contributed by atoms with E-state index in [0.717, 1.165) is 15.9 Å². The normalized spacial score (nSPS) is 27.7. The third-order valence-electron chi connectivity index (χ3n) is 3.74. The van der Waals surface area contributed by atoms with Gasteiger partial charge in [-0.2, -0.15) is 5.10 Å². The fourth-order valence-corrected chi connectivity index (χ4v) is 2.68. The van der Waals surface area contributed by atoms with Gasteiger partial charge in [0.05, 0.1) is 40.9 Å². The van der Waals surface area contributed by atoms with Crippen LogP contribution in [0.1, 0.15) is 18.3 Å². The van der Waals surface area contributed by atoms with Crippen molar-refractivity contribution < 1.29 is 9.53 Å². The predicted molar refractivity (Wildman–Crippen MR) is 71.3 cm³/mol. The molecule has 2 atom stereocenters. The lowest BCUT2D eigenvalue weighted by Crippen LogP contribution is -2.45. The summed E-state index contributed by atoms with van der Waals surface area (Å²) in [6, 6.07) is -0.224. The Balaban J connectivity index is 2.22. The lowest BCUT2D eigenvalue weighted by Gasteiger charge is -2.25. The Bertz CT molecular complexity index is 486. The van der Waals surface area contributed by atoms with Crippen molar-refractivity contribution in [3.05, 3.63) is 15.9 Å². The summed E-state index contributed by atoms with van der Waals surface area (Å²) in [7, 11) is 1.84. The first-order valence-corrected chi connectivity index (χ1v) is 6.70. The molecule has 2 heterocycles. The quantitative estimate of drug-likeness (QED) is 0.902. The van der Waals surface area contributed by atoms with Crippen molar-refractivity contribution in [2.24, 2.45) is 18.2 Å². The van der Waals surface area contributed by atoms with Crippen molar-refractivity contribution in [1.29, 1.82) is 0 Å². The second-order valence-electron chi connectivity index (χ2n) is 5.11. The van der Waals surface area contributed by atoms with Crippen LogP contribution < -0.4 is 5.73 Å². The number of hydrogen-bond donors (Lipinski definition) is 1. The first-order valence-electron chi connectivity index (χ1n) is 5.91. The van der Waals surface area contributed by atoms with Crippen LogP contribution in [0.25, 0.3) is 0 Å². The predicted octanol–water partition coefficient (Wildman–Crippen LogP) is 0.966. The van der Waals surface area contributed by atoms with Gasteiger partial charge in [-0.25, -0.2) is 0 Å². The lowest BCUT2D eigenvalue weighted by molar-refractivity contribution is -0.127. The Labute approximate surface area is 115 Å². The number of rotatable bonds is 3. The molecule has 1 aliphatic heterocycles. The maximum absolute atomic E-state index is 12.4. The molecule has 0 bridgehead atoms. The van der Waals surface area contributed by atoms with Crippen molar-refractivity contribution in [3.8, 4) is 0 Å². The van der Waals surface area contributed by atoms with Gasteiger partial charge in [0, 0.05) is 13.1 Å². The summed E-state index contributed by atoms with van der Waals surface area (Å²) in [5, 5.41) is 4.29. The molecular formula is C12H18BrN3O2. The summed E-state index contributed by atoms with van der Waals surface area (Å²) in [6.07, 6.45) is 0.325. The molecule has 1 aromatic heterocycles. The number of ether oxygens (including phenoxy) is 1. The zero-order valence-electron chi connectivity index (χ0n) is 10.9. The van der Waals surface area contributed by atoms with Gasteiger partial charge in [0.15, 0.2) is 0 Å². The van der Waals surface area contributed by atoms with E-state index in [1.54, 1.807) is 4.68 Å². The molecule has 0 aliphatic carbocycles. The van der Waals surface area contributed by atoms with Gasteiger partial charge in [0.1, 0.15) is 5.78 Å². The van der Waals surface area contributed by atoms with E-state index >= 15 is 0 Å². The fraction of sp³-hybridized carbons (Fsp3) is 0.667. The average Bonchev–Trinajstić information content (AvgIpc) is 2.76. The molecule has 1 aliphatic rings. The zero-order chi connectivity index (χ0) is 13.5. The van der Waals surface area contributed by atoms with E-state index in [4.69, 9.17) is 10.5 Å². The second-order valence-corrected chi connectivity index (χ2v) is 5.90. The molecule has 18 heavy (non-hydrogen) atoms. The summed E-state index contributed by atoms with van der Waals surface area (Å²) < 4.78 is 7.95. The Kier molecular flexibility index (Phi) is 3.62. The van der Waals surface area contributed by atoms with Crippen LogP contribution in [0.15, 0.2) is 4.47 Å². The molecule has 0 radical (unpaired) electrons. The smallest absolute Gasteiger partial charge is 0.148 e. The molecule has 0 spiro atoms. The number of hydrogen-bond acceptors (Lipinski definition) is 4. The van der Waals surface area contributed by atoms with Crippen LogP contribution in [0.4, 0.5) is 0 Å².